The molecule has 0 saturated heterocycles. The summed E-state index contributed by atoms with van der Waals surface area (Å²) in [5.41, 5.74) is 12.8. The molecule has 2 nitrogen and oxygen atoms in total. The van der Waals surface area contributed by atoms with Crippen LogP contribution < -0.4 is 0 Å². The summed E-state index contributed by atoms with van der Waals surface area (Å²) in [7, 11) is 0. The average molecular weight is 525 g/mol. The molecule has 0 N–H and O–H groups in total. The minimum Gasteiger partial charge on any atom is -0.309 e. The zero-order chi connectivity index (χ0) is 27.3. The van der Waals surface area contributed by atoms with Crippen LogP contribution in [0.25, 0.3) is 66.1 Å². The van der Waals surface area contributed by atoms with Crippen LogP contribution >= 0.6 is 0 Å². The smallest absolute Gasteiger partial charge is 0.0548 e. The van der Waals surface area contributed by atoms with Crippen LogP contribution in [0.1, 0.15) is 25.0 Å². The first-order valence-electron chi connectivity index (χ1n) is 14.4. The summed E-state index contributed by atoms with van der Waals surface area (Å²) < 4.78 is 4.87. The number of aromatic nitrogens is 2. The summed E-state index contributed by atoms with van der Waals surface area (Å²) in [6, 6.07) is 49.0. The van der Waals surface area contributed by atoms with E-state index in [9.17, 15) is 0 Å². The first kappa shape index (κ1) is 22.7. The lowest BCUT2D eigenvalue weighted by molar-refractivity contribution is 0.660. The van der Waals surface area contributed by atoms with Crippen molar-refractivity contribution in [1.82, 2.24) is 9.13 Å². The summed E-state index contributed by atoms with van der Waals surface area (Å²) in [5.74, 6) is 0. The van der Waals surface area contributed by atoms with Gasteiger partial charge in [-0.1, -0.05) is 98.8 Å². The standard InChI is InChI=1S/C39H28N2/c1-39(2)31-17-9-6-14-27(31)30-24-26(20-21-32(30)39)41-34-19-11-8-16-29(34)38-36(41)23-22-35-37(38)28-15-7-10-18-33(28)40(35)25-12-4-3-5-13-25/h3-24H,1-2H3. The molecule has 6 aromatic carbocycles. The molecule has 0 spiro atoms. The second kappa shape index (κ2) is 7.99. The first-order chi connectivity index (χ1) is 20.1. The van der Waals surface area contributed by atoms with Crippen LogP contribution in [0.2, 0.25) is 0 Å². The van der Waals surface area contributed by atoms with Gasteiger partial charge in [-0.2, -0.15) is 0 Å². The topological polar surface area (TPSA) is 9.86 Å². The number of fused-ring (bicyclic) bond motifs is 10. The maximum Gasteiger partial charge on any atom is 0.0548 e. The van der Waals surface area contributed by atoms with Crippen molar-refractivity contribution in [3.05, 3.63) is 145 Å². The molecule has 1 aliphatic rings. The van der Waals surface area contributed by atoms with Crippen molar-refractivity contribution in [2.45, 2.75) is 19.3 Å². The SMILES string of the molecule is CC1(C)c2ccccc2-c2cc(-n3c4ccccc4c4c5c6ccccc6n(-c6ccccc6)c5ccc43)ccc21. The monoisotopic (exact) mass is 524 g/mol. The van der Waals surface area contributed by atoms with Gasteiger partial charge >= 0.3 is 0 Å². The van der Waals surface area contributed by atoms with E-state index in [-0.39, 0.29) is 5.41 Å². The fourth-order valence-electron chi connectivity index (χ4n) is 7.50. The largest absolute Gasteiger partial charge is 0.309 e. The van der Waals surface area contributed by atoms with Crippen LogP contribution in [0.15, 0.2) is 133 Å². The Bertz CT molecular complexity index is 2330. The molecule has 0 aliphatic heterocycles. The van der Waals surface area contributed by atoms with E-state index in [2.05, 4.69) is 156 Å². The van der Waals surface area contributed by atoms with E-state index in [0.29, 0.717) is 0 Å². The molecule has 1 aliphatic carbocycles. The highest BCUT2D eigenvalue weighted by Gasteiger charge is 2.35. The highest BCUT2D eigenvalue weighted by atomic mass is 15.0. The lowest BCUT2D eigenvalue weighted by atomic mass is 9.82. The Morgan fingerprint density at radius 2 is 0.951 bits per heavy atom. The third kappa shape index (κ3) is 2.92. The minimum absolute atomic E-state index is 0.00326. The van der Waals surface area contributed by atoms with Gasteiger partial charge in [0.25, 0.3) is 0 Å². The minimum atomic E-state index is -0.00326. The van der Waals surface area contributed by atoms with Crippen LogP contribution in [-0.4, -0.2) is 9.13 Å². The van der Waals surface area contributed by atoms with Gasteiger partial charge in [0.05, 0.1) is 22.1 Å². The van der Waals surface area contributed by atoms with Crippen molar-refractivity contribution >= 4 is 43.6 Å². The second-order valence-electron chi connectivity index (χ2n) is 11.8. The molecule has 0 radical (unpaired) electrons. The van der Waals surface area contributed by atoms with E-state index < -0.39 is 0 Å². The summed E-state index contributed by atoms with van der Waals surface area (Å²) in [6.07, 6.45) is 0. The van der Waals surface area contributed by atoms with Crippen LogP contribution in [0.3, 0.4) is 0 Å². The Hall–Kier alpha value is -5.08. The van der Waals surface area contributed by atoms with E-state index in [4.69, 9.17) is 0 Å². The Morgan fingerprint density at radius 1 is 0.415 bits per heavy atom. The zero-order valence-electron chi connectivity index (χ0n) is 23.1. The quantitative estimate of drug-likeness (QED) is 0.213. The number of hydrogen-bond acceptors (Lipinski definition) is 0. The summed E-state index contributed by atoms with van der Waals surface area (Å²) >= 11 is 0. The molecule has 2 heteroatoms. The molecule has 0 bridgehead atoms. The van der Waals surface area contributed by atoms with Crippen LogP contribution in [0, 0.1) is 0 Å². The first-order valence-corrected chi connectivity index (χ1v) is 14.4. The molecule has 41 heavy (non-hydrogen) atoms. The predicted molar refractivity (Wildman–Crippen MR) is 173 cm³/mol. The van der Waals surface area contributed by atoms with Crippen LogP contribution in [0.4, 0.5) is 0 Å². The van der Waals surface area contributed by atoms with Gasteiger partial charge in [0.1, 0.15) is 0 Å². The highest BCUT2D eigenvalue weighted by Crippen LogP contribution is 2.50. The number of rotatable bonds is 2. The van der Waals surface area contributed by atoms with E-state index in [0.717, 1.165) is 0 Å². The Kier molecular flexibility index (Phi) is 4.42. The molecule has 0 fully saturated rings. The molecule has 0 atom stereocenters. The van der Waals surface area contributed by atoms with Gasteiger partial charge in [-0.05, 0) is 70.8 Å². The van der Waals surface area contributed by atoms with Gasteiger partial charge in [-0.15, -0.1) is 0 Å². The van der Waals surface area contributed by atoms with Crippen molar-refractivity contribution in [2.24, 2.45) is 0 Å². The molecule has 0 amide bonds. The molecule has 9 rings (SSSR count). The van der Waals surface area contributed by atoms with E-state index in [1.807, 2.05) is 0 Å². The van der Waals surface area contributed by atoms with Crippen LogP contribution in [0.5, 0.6) is 0 Å². The van der Waals surface area contributed by atoms with Gasteiger partial charge in [0.15, 0.2) is 0 Å². The number of para-hydroxylation sites is 3. The van der Waals surface area contributed by atoms with Gasteiger partial charge < -0.3 is 9.13 Å². The molecular weight excluding hydrogens is 496 g/mol. The summed E-state index contributed by atoms with van der Waals surface area (Å²) in [6.45, 7) is 4.69. The van der Waals surface area contributed by atoms with Gasteiger partial charge in [0, 0.05) is 38.3 Å². The van der Waals surface area contributed by atoms with Gasteiger partial charge in [-0.3, -0.25) is 0 Å². The third-order valence-electron chi connectivity index (χ3n) is 9.31. The fraction of sp³-hybridized carbons (Fsp3) is 0.0769. The Balaban J connectivity index is 1.41. The number of nitrogens with zero attached hydrogens (tertiary/aromatic N) is 2. The lowest BCUT2D eigenvalue weighted by Gasteiger charge is -2.21. The average Bonchev–Trinajstić information content (AvgIpc) is 3.61. The maximum atomic E-state index is 2.47. The Morgan fingerprint density at radius 3 is 1.63 bits per heavy atom. The molecule has 2 heterocycles. The molecule has 194 valence electrons. The third-order valence-corrected chi connectivity index (χ3v) is 9.31. The Labute approximate surface area is 238 Å². The van der Waals surface area contributed by atoms with Crippen LogP contribution in [-0.2, 0) is 5.41 Å². The van der Waals surface area contributed by atoms with E-state index in [1.54, 1.807) is 0 Å². The summed E-state index contributed by atoms with van der Waals surface area (Å²) in [5, 5.41) is 5.18. The van der Waals surface area contributed by atoms with Crippen molar-refractivity contribution in [1.29, 1.82) is 0 Å². The predicted octanol–water partition coefficient (Wildman–Crippen LogP) is 10.2. The van der Waals surface area contributed by atoms with Gasteiger partial charge in [-0.25, -0.2) is 0 Å². The normalized spacial score (nSPS) is 13.8. The summed E-state index contributed by atoms with van der Waals surface area (Å²) in [4.78, 5) is 0. The van der Waals surface area contributed by atoms with E-state index >= 15 is 0 Å². The van der Waals surface area contributed by atoms with E-state index in [1.165, 1.54) is 77.2 Å². The molecular formula is C39H28N2. The van der Waals surface area contributed by atoms with Crippen molar-refractivity contribution in [3.8, 4) is 22.5 Å². The number of hydrogen-bond donors (Lipinski definition) is 0. The molecule has 2 aromatic heterocycles. The van der Waals surface area contributed by atoms with Crippen molar-refractivity contribution < 1.29 is 0 Å². The molecule has 8 aromatic rings. The van der Waals surface area contributed by atoms with Gasteiger partial charge in [0.2, 0.25) is 0 Å². The van der Waals surface area contributed by atoms with Crippen molar-refractivity contribution in [3.63, 3.8) is 0 Å². The maximum absolute atomic E-state index is 2.47. The number of benzene rings is 6. The lowest BCUT2D eigenvalue weighted by Crippen LogP contribution is -2.14. The molecule has 0 unspecified atom stereocenters. The zero-order valence-corrected chi connectivity index (χ0v) is 23.1. The van der Waals surface area contributed by atoms with Crippen molar-refractivity contribution in [2.75, 3.05) is 0 Å². The molecule has 0 saturated carbocycles. The fourth-order valence-corrected chi connectivity index (χ4v) is 7.50. The second-order valence-corrected chi connectivity index (χ2v) is 11.8. The highest BCUT2D eigenvalue weighted by molar-refractivity contribution is 6.28.